The Morgan fingerprint density at radius 1 is 0.966 bits per heavy atom. The van der Waals surface area contributed by atoms with Gasteiger partial charge in [-0.2, -0.15) is 5.11 Å². The Kier molecular flexibility index (Phi) is 6.86. The number of azo groups is 1. The maximum atomic E-state index is 12.3. The number of amides is 2. The van der Waals surface area contributed by atoms with Crippen molar-refractivity contribution in [1.82, 2.24) is 5.32 Å². The summed E-state index contributed by atoms with van der Waals surface area (Å²) in [4.78, 5) is 24.8. The average molecular weight is 407 g/mol. The smallest absolute Gasteiger partial charge is 0.261 e. The molecule has 0 atom stereocenters. The number of nitrogens with zero attached hydrogens (tertiary/aromatic N) is 2. The topological polar surface area (TPSA) is 82.9 Å². The fraction of sp³-hybridized carbons (Fsp3) is 0.182. The van der Waals surface area contributed by atoms with Crippen LogP contribution in [0, 0.1) is 13.8 Å². The highest BCUT2D eigenvalue weighted by atomic mass is 32.1. The number of anilines is 1. The van der Waals surface area contributed by atoms with Crippen LogP contribution in [0.5, 0.6) is 0 Å². The minimum Gasteiger partial charge on any atom is -0.351 e. The first-order valence-corrected chi connectivity index (χ1v) is 10.1. The Labute approximate surface area is 173 Å². The summed E-state index contributed by atoms with van der Waals surface area (Å²) in [6.45, 7) is 4.23. The van der Waals surface area contributed by atoms with Crippen LogP contribution in [0.25, 0.3) is 0 Å². The summed E-state index contributed by atoms with van der Waals surface area (Å²) in [7, 11) is 0. The molecule has 7 heteroatoms. The highest BCUT2D eigenvalue weighted by Crippen LogP contribution is 2.28. The van der Waals surface area contributed by atoms with Crippen molar-refractivity contribution in [1.29, 1.82) is 0 Å². The Balaban J connectivity index is 1.60. The molecule has 3 rings (SSSR count). The third-order valence-electron chi connectivity index (χ3n) is 4.12. The van der Waals surface area contributed by atoms with Gasteiger partial charge in [-0.1, -0.05) is 29.8 Å². The lowest BCUT2D eigenvalue weighted by molar-refractivity contribution is -0.116. The highest BCUT2D eigenvalue weighted by Gasteiger charge is 2.10. The summed E-state index contributed by atoms with van der Waals surface area (Å²) < 4.78 is 0. The minimum absolute atomic E-state index is 0.166. The van der Waals surface area contributed by atoms with Crippen molar-refractivity contribution < 1.29 is 9.59 Å². The van der Waals surface area contributed by atoms with Gasteiger partial charge in [0.1, 0.15) is 5.69 Å². The normalized spacial score (nSPS) is 10.8. The van der Waals surface area contributed by atoms with E-state index in [-0.39, 0.29) is 24.8 Å². The molecular weight excluding hydrogens is 384 g/mol. The fourth-order valence-electron chi connectivity index (χ4n) is 2.55. The first-order chi connectivity index (χ1) is 14.0. The summed E-state index contributed by atoms with van der Waals surface area (Å²) in [5, 5.41) is 16.0. The van der Waals surface area contributed by atoms with Crippen LogP contribution < -0.4 is 10.6 Å². The largest absolute Gasteiger partial charge is 0.351 e. The number of aryl methyl sites for hydroxylation is 2. The number of hydrogen-bond donors (Lipinski definition) is 2. The quantitative estimate of drug-likeness (QED) is 0.505. The van der Waals surface area contributed by atoms with E-state index in [2.05, 4.69) is 20.9 Å². The van der Waals surface area contributed by atoms with E-state index in [1.54, 1.807) is 12.1 Å². The SMILES string of the molecule is Cc1ccc(N=Nc2cc(C)ccc2NC(=O)CCNC(=O)c2cccs2)cc1. The molecule has 2 aromatic carbocycles. The Morgan fingerprint density at radius 2 is 1.72 bits per heavy atom. The molecule has 0 aliphatic carbocycles. The monoisotopic (exact) mass is 406 g/mol. The van der Waals surface area contributed by atoms with Gasteiger partial charge in [-0.15, -0.1) is 16.5 Å². The first-order valence-electron chi connectivity index (χ1n) is 9.22. The molecule has 0 saturated carbocycles. The number of benzene rings is 2. The molecule has 2 N–H and O–H groups in total. The molecule has 3 aromatic rings. The molecule has 0 saturated heterocycles. The Morgan fingerprint density at radius 3 is 2.45 bits per heavy atom. The van der Waals surface area contributed by atoms with Crippen molar-refractivity contribution in [2.24, 2.45) is 10.2 Å². The van der Waals surface area contributed by atoms with Crippen LogP contribution in [0.1, 0.15) is 27.2 Å². The zero-order valence-electron chi connectivity index (χ0n) is 16.3. The maximum absolute atomic E-state index is 12.3. The Bertz CT molecular complexity index is 1010. The molecule has 1 aromatic heterocycles. The van der Waals surface area contributed by atoms with Crippen molar-refractivity contribution >= 4 is 40.2 Å². The van der Waals surface area contributed by atoms with E-state index in [9.17, 15) is 9.59 Å². The lowest BCUT2D eigenvalue weighted by Crippen LogP contribution is -2.27. The van der Waals surface area contributed by atoms with E-state index >= 15 is 0 Å². The van der Waals surface area contributed by atoms with E-state index in [0.717, 1.165) is 16.8 Å². The average Bonchev–Trinajstić information content (AvgIpc) is 3.24. The molecule has 29 heavy (non-hydrogen) atoms. The number of nitrogens with one attached hydrogen (secondary N) is 2. The summed E-state index contributed by atoms with van der Waals surface area (Å²) in [5.41, 5.74) is 4.08. The van der Waals surface area contributed by atoms with Gasteiger partial charge in [0.05, 0.1) is 16.3 Å². The van der Waals surface area contributed by atoms with Gasteiger partial charge >= 0.3 is 0 Å². The van der Waals surface area contributed by atoms with Crippen LogP contribution in [0.3, 0.4) is 0 Å². The Hall–Kier alpha value is -3.32. The van der Waals surface area contributed by atoms with Crippen LogP contribution in [0.4, 0.5) is 17.1 Å². The van der Waals surface area contributed by atoms with E-state index in [1.165, 1.54) is 11.3 Å². The molecule has 0 spiro atoms. The fourth-order valence-corrected chi connectivity index (χ4v) is 3.19. The number of carbonyl (C=O) groups is 2. The van der Waals surface area contributed by atoms with Gasteiger partial charge in [0.25, 0.3) is 5.91 Å². The van der Waals surface area contributed by atoms with Crippen molar-refractivity contribution in [2.75, 3.05) is 11.9 Å². The molecule has 2 amide bonds. The van der Waals surface area contributed by atoms with Crippen molar-refractivity contribution in [3.05, 3.63) is 76.0 Å². The molecule has 0 aliphatic rings. The molecule has 0 radical (unpaired) electrons. The number of thiophene rings is 1. The third kappa shape index (κ3) is 6.08. The van der Waals surface area contributed by atoms with Gasteiger partial charge in [0.15, 0.2) is 0 Å². The van der Waals surface area contributed by atoms with Crippen molar-refractivity contribution in [3.8, 4) is 0 Å². The van der Waals surface area contributed by atoms with Crippen LogP contribution in [0.15, 0.2) is 70.2 Å². The van der Waals surface area contributed by atoms with E-state index in [0.29, 0.717) is 16.3 Å². The third-order valence-corrected chi connectivity index (χ3v) is 4.99. The molecule has 0 unspecified atom stereocenters. The molecule has 0 bridgehead atoms. The summed E-state index contributed by atoms with van der Waals surface area (Å²) >= 11 is 1.36. The summed E-state index contributed by atoms with van der Waals surface area (Å²) in [6.07, 6.45) is 0.166. The van der Waals surface area contributed by atoms with Crippen LogP contribution in [-0.4, -0.2) is 18.4 Å². The zero-order valence-corrected chi connectivity index (χ0v) is 17.1. The van der Waals surface area contributed by atoms with Gasteiger partial charge in [-0.05, 0) is 55.1 Å². The second-order valence-electron chi connectivity index (χ2n) is 6.59. The van der Waals surface area contributed by atoms with Crippen LogP contribution >= 0.6 is 11.3 Å². The molecule has 0 aliphatic heterocycles. The highest BCUT2D eigenvalue weighted by molar-refractivity contribution is 7.12. The van der Waals surface area contributed by atoms with E-state index in [1.807, 2.05) is 61.7 Å². The van der Waals surface area contributed by atoms with Gasteiger partial charge < -0.3 is 10.6 Å². The second-order valence-corrected chi connectivity index (χ2v) is 7.54. The minimum atomic E-state index is -0.202. The number of carbonyl (C=O) groups excluding carboxylic acids is 2. The summed E-state index contributed by atoms with van der Waals surface area (Å²) in [6, 6.07) is 16.9. The van der Waals surface area contributed by atoms with Gasteiger partial charge in [-0.3, -0.25) is 9.59 Å². The molecule has 1 heterocycles. The number of rotatable bonds is 7. The summed E-state index contributed by atoms with van der Waals surface area (Å²) in [5.74, 6) is -0.372. The van der Waals surface area contributed by atoms with Gasteiger partial charge in [0.2, 0.25) is 5.91 Å². The molecule has 148 valence electrons. The van der Waals surface area contributed by atoms with Gasteiger partial charge in [-0.25, -0.2) is 0 Å². The zero-order chi connectivity index (χ0) is 20.6. The molecule has 6 nitrogen and oxygen atoms in total. The van der Waals surface area contributed by atoms with E-state index in [4.69, 9.17) is 0 Å². The van der Waals surface area contributed by atoms with Crippen molar-refractivity contribution in [2.45, 2.75) is 20.3 Å². The molecule has 0 fully saturated rings. The lowest BCUT2D eigenvalue weighted by atomic mass is 10.2. The van der Waals surface area contributed by atoms with E-state index < -0.39 is 0 Å². The number of hydrogen-bond acceptors (Lipinski definition) is 5. The van der Waals surface area contributed by atoms with Gasteiger partial charge in [0, 0.05) is 13.0 Å². The second kappa shape index (κ2) is 9.75. The molecular formula is C22H22N4O2S. The lowest BCUT2D eigenvalue weighted by Gasteiger charge is -2.09. The maximum Gasteiger partial charge on any atom is 0.261 e. The van der Waals surface area contributed by atoms with Crippen molar-refractivity contribution in [3.63, 3.8) is 0 Å². The van der Waals surface area contributed by atoms with Crippen LogP contribution in [0.2, 0.25) is 0 Å². The standard InChI is InChI=1S/C22H22N4O2S/c1-15-5-8-17(9-6-15)25-26-19-14-16(2)7-10-18(19)24-21(27)11-12-23-22(28)20-4-3-13-29-20/h3-10,13-14H,11-12H2,1-2H3,(H,23,28)(H,24,27). The predicted molar refractivity (Wildman–Crippen MR) is 116 cm³/mol. The van der Waals surface area contributed by atoms with Crippen LogP contribution in [-0.2, 0) is 4.79 Å². The predicted octanol–water partition coefficient (Wildman–Crippen LogP) is 5.54. The first kappa shape index (κ1) is 20.4.